The summed E-state index contributed by atoms with van der Waals surface area (Å²) < 4.78 is 1.74. The Labute approximate surface area is 81.7 Å². The second-order valence-corrected chi connectivity index (χ2v) is 3.92. The lowest BCUT2D eigenvalue weighted by molar-refractivity contribution is 0.202. The van der Waals surface area contributed by atoms with Crippen molar-refractivity contribution in [1.29, 1.82) is 0 Å². The molecule has 1 amide bonds. The molecule has 2 rings (SSSR count). The van der Waals surface area contributed by atoms with E-state index in [2.05, 4.69) is 0 Å². The second-order valence-electron chi connectivity index (χ2n) is 3.08. The zero-order valence-corrected chi connectivity index (χ0v) is 8.38. The number of rotatable bonds is 2. The number of fused-ring (bicyclic) bond motifs is 1. The third-order valence-corrected chi connectivity index (χ3v) is 2.80. The maximum absolute atomic E-state index is 11.7. The van der Waals surface area contributed by atoms with Crippen molar-refractivity contribution in [3.8, 4) is 0 Å². The van der Waals surface area contributed by atoms with Crippen LogP contribution in [-0.2, 0) is 6.42 Å². The van der Waals surface area contributed by atoms with Gasteiger partial charge in [0.1, 0.15) is 0 Å². The normalized spacial score (nSPS) is 16.1. The van der Waals surface area contributed by atoms with Crippen LogP contribution in [0, 0.1) is 0 Å². The van der Waals surface area contributed by atoms with Gasteiger partial charge in [-0.2, -0.15) is 0 Å². The van der Waals surface area contributed by atoms with Crippen LogP contribution in [-0.4, -0.2) is 34.2 Å². The Morgan fingerprint density at radius 3 is 3.23 bits per heavy atom. The fourth-order valence-electron chi connectivity index (χ4n) is 1.58. The molecule has 0 saturated heterocycles. The third-order valence-electron chi connectivity index (χ3n) is 2.23. The molecular weight excluding hydrogens is 184 g/mol. The lowest BCUT2D eigenvalue weighted by Crippen LogP contribution is -2.40. The van der Waals surface area contributed by atoms with Crippen LogP contribution in [0.4, 0.5) is 4.79 Å². The Kier molecular flexibility index (Phi) is 2.31. The van der Waals surface area contributed by atoms with E-state index in [1.54, 1.807) is 16.3 Å². The van der Waals surface area contributed by atoms with Crippen molar-refractivity contribution < 1.29 is 4.79 Å². The smallest absolute Gasteiger partial charge is 0.314 e. The molecule has 0 N–H and O–H groups in total. The number of carbonyl (C=O) groups excluding carboxylic acids is 1. The lowest BCUT2D eigenvalue weighted by atomic mass is 10.2. The summed E-state index contributed by atoms with van der Waals surface area (Å²) >= 11 is 1.68. The largest absolute Gasteiger partial charge is 0.329 e. The molecule has 0 saturated carbocycles. The van der Waals surface area contributed by atoms with Gasteiger partial charge in [0.2, 0.25) is 0 Å². The molecule has 70 valence electrons. The molecular formula is C9H12N2OS. The van der Waals surface area contributed by atoms with Crippen LogP contribution in [0.1, 0.15) is 5.69 Å². The Bertz CT molecular complexity index is 321. The summed E-state index contributed by atoms with van der Waals surface area (Å²) in [5, 5.41) is 0. The van der Waals surface area contributed by atoms with E-state index < -0.39 is 0 Å². The quantitative estimate of drug-likeness (QED) is 0.718. The van der Waals surface area contributed by atoms with E-state index in [4.69, 9.17) is 0 Å². The van der Waals surface area contributed by atoms with E-state index >= 15 is 0 Å². The maximum atomic E-state index is 11.7. The highest BCUT2D eigenvalue weighted by atomic mass is 32.2. The summed E-state index contributed by atoms with van der Waals surface area (Å²) in [4.78, 5) is 13.6. The Hall–Kier alpha value is -0.900. The standard InChI is InChI=1S/C9H12N2OS/c1-13-7-10-6-4-8-3-2-5-11(8)9(10)12/h2-3,5H,4,6-7H2,1H3. The van der Waals surface area contributed by atoms with Crippen molar-refractivity contribution in [2.45, 2.75) is 6.42 Å². The molecule has 0 bridgehead atoms. The fraction of sp³-hybridized carbons (Fsp3) is 0.444. The van der Waals surface area contributed by atoms with Crippen molar-refractivity contribution in [3.05, 3.63) is 24.0 Å². The number of aromatic nitrogens is 1. The van der Waals surface area contributed by atoms with Gasteiger partial charge in [0, 0.05) is 24.9 Å². The van der Waals surface area contributed by atoms with Crippen LogP contribution in [0.15, 0.2) is 18.3 Å². The van der Waals surface area contributed by atoms with Gasteiger partial charge in [-0.3, -0.25) is 4.57 Å². The fourth-order valence-corrected chi connectivity index (χ4v) is 2.13. The van der Waals surface area contributed by atoms with Crippen LogP contribution in [0.5, 0.6) is 0 Å². The van der Waals surface area contributed by atoms with Crippen LogP contribution < -0.4 is 0 Å². The molecule has 1 aliphatic rings. The molecule has 0 fully saturated rings. The predicted molar refractivity (Wildman–Crippen MR) is 54.0 cm³/mol. The molecule has 3 nitrogen and oxygen atoms in total. The molecule has 4 heteroatoms. The molecule has 2 heterocycles. The first-order valence-electron chi connectivity index (χ1n) is 4.27. The number of thioether (sulfide) groups is 1. The van der Waals surface area contributed by atoms with Crippen molar-refractivity contribution >= 4 is 17.8 Å². The SMILES string of the molecule is CSCN1CCc2cccn2C1=O. The number of hydrogen-bond donors (Lipinski definition) is 0. The minimum Gasteiger partial charge on any atom is -0.314 e. The highest BCUT2D eigenvalue weighted by Gasteiger charge is 2.21. The molecule has 1 aromatic rings. The van der Waals surface area contributed by atoms with Gasteiger partial charge in [-0.25, -0.2) is 4.79 Å². The first kappa shape index (κ1) is 8.69. The van der Waals surface area contributed by atoms with E-state index in [9.17, 15) is 4.79 Å². The monoisotopic (exact) mass is 196 g/mol. The summed E-state index contributed by atoms with van der Waals surface area (Å²) in [6.45, 7) is 0.851. The molecule has 1 aromatic heterocycles. The number of hydrogen-bond acceptors (Lipinski definition) is 2. The minimum atomic E-state index is 0.112. The van der Waals surface area contributed by atoms with E-state index in [1.807, 2.05) is 29.5 Å². The van der Waals surface area contributed by atoms with Crippen molar-refractivity contribution in [2.24, 2.45) is 0 Å². The molecule has 0 atom stereocenters. The van der Waals surface area contributed by atoms with Gasteiger partial charge in [-0.1, -0.05) is 0 Å². The van der Waals surface area contributed by atoms with Gasteiger partial charge in [-0.05, 0) is 18.4 Å². The van der Waals surface area contributed by atoms with Gasteiger partial charge in [0.15, 0.2) is 0 Å². The first-order chi connectivity index (χ1) is 6.33. The predicted octanol–water partition coefficient (Wildman–Crippen LogP) is 1.63. The van der Waals surface area contributed by atoms with Gasteiger partial charge in [-0.15, -0.1) is 11.8 Å². The average Bonchev–Trinajstić information content (AvgIpc) is 2.58. The van der Waals surface area contributed by atoms with Crippen LogP contribution in [0.3, 0.4) is 0 Å². The third kappa shape index (κ3) is 1.46. The van der Waals surface area contributed by atoms with E-state index in [1.165, 1.54) is 0 Å². The van der Waals surface area contributed by atoms with Gasteiger partial charge >= 0.3 is 6.03 Å². The lowest BCUT2D eigenvalue weighted by Gasteiger charge is -2.27. The summed E-state index contributed by atoms with van der Waals surface area (Å²) in [5.74, 6) is 0.788. The van der Waals surface area contributed by atoms with E-state index in [0.29, 0.717) is 0 Å². The van der Waals surface area contributed by atoms with Crippen molar-refractivity contribution in [2.75, 3.05) is 18.7 Å². The van der Waals surface area contributed by atoms with Crippen LogP contribution in [0.25, 0.3) is 0 Å². The number of carbonyl (C=O) groups is 1. The summed E-state index contributed by atoms with van der Waals surface area (Å²) in [7, 11) is 0. The van der Waals surface area contributed by atoms with Gasteiger partial charge in [0.25, 0.3) is 0 Å². The van der Waals surface area contributed by atoms with E-state index in [0.717, 1.165) is 24.5 Å². The molecule has 0 spiro atoms. The number of amides is 1. The molecule has 0 aromatic carbocycles. The maximum Gasteiger partial charge on any atom is 0.329 e. The minimum absolute atomic E-state index is 0.112. The zero-order valence-electron chi connectivity index (χ0n) is 7.56. The highest BCUT2D eigenvalue weighted by molar-refractivity contribution is 7.98. The Balaban J connectivity index is 2.22. The van der Waals surface area contributed by atoms with Crippen LogP contribution >= 0.6 is 11.8 Å². The highest BCUT2D eigenvalue weighted by Crippen LogP contribution is 2.14. The van der Waals surface area contributed by atoms with Crippen molar-refractivity contribution in [1.82, 2.24) is 9.47 Å². The molecule has 0 unspecified atom stereocenters. The molecule has 1 aliphatic heterocycles. The molecule has 0 aliphatic carbocycles. The Morgan fingerprint density at radius 1 is 1.62 bits per heavy atom. The molecule has 13 heavy (non-hydrogen) atoms. The average molecular weight is 196 g/mol. The summed E-state index contributed by atoms with van der Waals surface area (Å²) in [6, 6.07) is 4.05. The first-order valence-corrected chi connectivity index (χ1v) is 5.67. The van der Waals surface area contributed by atoms with Gasteiger partial charge < -0.3 is 4.90 Å². The van der Waals surface area contributed by atoms with Crippen LogP contribution in [0.2, 0.25) is 0 Å². The topological polar surface area (TPSA) is 25.2 Å². The van der Waals surface area contributed by atoms with Gasteiger partial charge in [0.05, 0.1) is 5.88 Å². The molecule has 0 radical (unpaired) electrons. The second kappa shape index (κ2) is 3.46. The zero-order chi connectivity index (χ0) is 9.26. The summed E-state index contributed by atoms with van der Waals surface area (Å²) in [6.07, 6.45) is 4.82. The number of nitrogens with zero attached hydrogens (tertiary/aromatic N) is 2. The summed E-state index contributed by atoms with van der Waals surface area (Å²) in [5.41, 5.74) is 1.13. The van der Waals surface area contributed by atoms with E-state index in [-0.39, 0.29) is 6.03 Å². The Morgan fingerprint density at radius 2 is 2.46 bits per heavy atom. The van der Waals surface area contributed by atoms with Crippen molar-refractivity contribution in [3.63, 3.8) is 0 Å².